The Morgan fingerprint density at radius 2 is 1.81 bits per heavy atom. The molecule has 1 aromatic heterocycles. The van der Waals surface area contributed by atoms with E-state index >= 15 is 0 Å². The number of imide groups is 2. The highest BCUT2D eigenvalue weighted by Gasteiger charge is 2.45. The Morgan fingerprint density at radius 3 is 2.54 bits per heavy atom. The summed E-state index contributed by atoms with van der Waals surface area (Å²) in [6, 6.07) is 10.4. The smallest absolute Gasteiger partial charge is 0.264 e. The van der Waals surface area contributed by atoms with Gasteiger partial charge < -0.3 is 30.5 Å². The van der Waals surface area contributed by atoms with Crippen LogP contribution in [0.4, 0.5) is 21.6 Å². The number of piperazine rings is 1. The Bertz CT molecular complexity index is 2010. The summed E-state index contributed by atoms with van der Waals surface area (Å²) in [5.74, 6) is -2.43. The first-order valence-electron chi connectivity index (χ1n) is 17.5. The third-order valence-corrected chi connectivity index (χ3v) is 9.38. The molecule has 0 saturated carbocycles. The minimum Gasteiger partial charge on any atom is -0.507 e. The molecular formula is C38H41FN8O7. The minimum atomic E-state index is -1.04. The number of hydrogen-bond donors (Lipinski definition) is 4. The number of nitrogens with two attached hydrogens (primary N) is 1. The molecule has 16 heteroatoms. The topological polar surface area (TPSA) is 193 Å². The van der Waals surface area contributed by atoms with Gasteiger partial charge in [-0.1, -0.05) is 31.4 Å². The van der Waals surface area contributed by atoms with E-state index in [4.69, 9.17) is 15.2 Å². The van der Waals surface area contributed by atoms with Gasteiger partial charge in [0.1, 0.15) is 18.4 Å². The highest BCUT2D eigenvalue weighted by molar-refractivity contribution is 6.25. The Hall–Kier alpha value is -6.13. The van der Waals surface area contributed by atoms with Gasteiger partial charge in [0.15, 0.2) is 17.4 Å². The van der Waals surface area contributed by atoms with Gasteiger partial charge in [-0.2, -0.15) is 0 Å². The van der Waals surface area contributed by atoms with Crippen LogP contribution in [-0.4, -0.2) is 107 Å². The first-order chi connectivity index (χ1) is 26.1. The fraction of sp³-hybridized carbons (Fsp3) is 0.316. The maximum atomic E-state index is 15.0. The number of nitrogen functional groups attached to an aromatic ring is 1. The number of rotatable bonds is 15. The third-order valence-electron chi connectivity index (χ3n) is 9.38. The molecular weight excluding hydrogens is 699 g/mol. The monoisotopic (exact) mass is 740 g/mol. The van der Waals surface area contributed by atoms with Crippen LogP contribution < -0.4 is 26.0 Å². The third kappa shape index (κ3) is 8.09. The SMILES string of the molecule is C=C/C(O)=C(\C=C)c1cc(N2CCN(Cc3ccc(OCCOCCNc4cccc5c4C(=O)N(C4CCC(=O)NC4=O)C5=O)c(F)c3)CC2)c(N)nn1. The molecule has 54 heavy (non-hydrogen) atoms. The summed E-state index contributed by atoms with van der Waals surface area (Å²) in [5.41, 5.74) is 9.27. The number of aliphatic hydroxyl groups is 1. The molecule has 3 aromatic rings. The molecule has 4 heterocycles. The number of hydrogen-bond acceptors (Lipinski definition) is 13. The molecule has 282 valence electrons. The first kappa shape index (κ1) is 37.6. The van der Waals surface area contributed by atoms with E-state index in [1.165, 1.54) is 24.3 Å². The number of amides is 4. The fourth-order valence-electron chi connectivity index (χ4n) is 6.62. The molecule has 3 aliphatic heterocycles. The van der Waals surface area contributed by atoms with Crippen LogP contribution in [0, 0.1) is 5.82 Å². The fourth-order valence-corrected chi connectivity index (χ4v) is 6.62. The van der Waals surface area contributed by atoms with E-state index in [0.717, 1.165) is 10.5 Å². The zero-order valence-electron chi connectivity index (χ0n) is 29.6. The standard InChI is InChI=1S/C38H41FN8O7/c1-3-24(31(48)4-2)28-21-30(35(40)44-43-28)46-15-13-45(14-16-46)22-23-8-10-32(26(39)20-23)54-19-18-53-17-12-41-27-7-5-6-25-34(27)38(52)47(37(25)51)29-9-11-33(49)42-36(29)50/h3-8,10,20-21,29,41,48H,1-2,9,11-19,22H2,(H2,40,44)(H,42,49,50)/b31-24-. The second-order valence-electron chi connectivity index (χ2n) is 12.8. The summed E-state index contributed by atoms with van der Waals surface area (Å²) in [6.45, 7) is 11.4. The average Bonchev–Trinajstić information content (AvgIpc) is 3.42. The van der Waals surface area contributed by atoms with Crippen molar-refractivity contribution in [2.45, 2.75) is 25.4 Å². The summed E-state index contributed by atoms with van der Waals surface area (Å²) in [5, 5.41) is 23.6. The molecule has 0 bridgehead atoms. The predicted molar refractivity (Wildman–Crippen MR) is 198 cm³/mol. The van der Waals surface area contributed by atoms with Crippen molar-refractivity contribution in [1.82, 2.24) is 25.3 Å². The highest BCUT2D eigenvalue weighted by Crippen LogP contribution is 2.32. The lowest BCUT2D eigenvalue weighted by molar-refractivity contribution is -0.136. The van der Waals surface area contributed by atoms with Crippen LogP contribution in [0.25, 0.3) is 5.57 Å². The molecule has 1 unspecified atom stereocenters. The number of nitrogens with zero attached hydrogens (tertiary/aromatic N) is 5. The normalized spacial score (nSPS) is 17.9. The van der Waals surface area contributed by atoms with E-state index in [0.29, 0.717) is 61.9 Å². The Morgan fingerprint density at radius 1 is 1.02 bits per heavy atom. The van der Waals surface area contributed by atoms with Crippen LogP contribution in [0.15, 0.2) is 73.5 Å². The molecule has 0 spiro atoms. The molecule has 15 nitrogen and oxygen atoms in total. The highest BCUT2D eigenvalue weighted by atomic mass is 19.1. The summed E-state index contributed by atoms with van der Waals surface area (Å²) in [4.78, 5) is 55.4. The van der Waals surface area contributed by atoms with Gasteiger partial charge in [-0.15, -0.1) is 10.2 Å². The number of benzene rings is 2. The van der Waals surface area contributed by atoms with Gasteiger partial charge >= 0.3 is 0 Å². The molecule has 1 atom stereocenters. The van der Waals surface area contributed by atoms with Gasteiger partial charge in [0, 0.05) is 56.9 Å². The molecule has 6 rings (SSSR count). The summed E-state index contributed by atoms with van der Waals surface area (Å²) >= 11 is 0. The van der Waals surface area contributed by atoms with E-state index in [9.17, 15) is 28.7 Å². The molecule has 0 radical (unpaired) electrons. The van der Waals surface area contributed by atoms with Crippen molar-refractivity contribution >= 4 is 46.4 Å². The second-order valence-corrected chi connectivity index (χ2v) is 12.8. The molecule has 2 saturated heterocycles. The van der Waals surface area contributed by atoms with Crippen LogP contribution in [0.1, 0.15) is 44.8 Å². The maximum absolute atomic E-state index is 15.0. The van der Waals surface area contributed by atoms with Crippen molar-refractivity contribution in [3.63, 3.8) is 0 Å². The maximum Gasteiger partial charge on any atom is 0.264 e. The van der Waals surface area contributed by atoms with E-state index in [2.05, 4.69) is 43.8 Å². The van der Waals surface area contributed by atoms with E-state index in [1.807, 2.05) is 6.07 Å². The minimum absolute atomic E-state index is 0.0412. The number of ether oxygens (including phenoxy) is 2. The zero-order chi connectivity index (χ0) is 38.4. The van der Waals surface area contributed by atoms with Crippen LogP contribution in [-0.2, 0) is 20.9 Å². The van der Waals surface area contributed by atoms with Crippen LogP contribution in [0.2, 0.25) is 0 Å². The van der Waals surface area contributed by atoms with Crippen LogP contribution >= 0.6 is 0 Å². The number of carbonyl (C=O) groups excluding carboxylic acids is 4. The first-order valence-corrected chi connectivity index (χ1v) is 17.5. The van der Waals surface area contributed by atoms with Gasteiger partial charge in [0.2, 0.25) is 11.8 Å². The zero-order valence-corrected chi connectivity index (χ0v) is 29.6. The molecule has 2 fully saturated rings. The Kier molecular flexibility index (Phi) is 11.6. The average molecular weight is 741 g/mol. The Labute approximate surface area is 310 Å². The van der Waals surface area contributed by atoms with Crippen molar-refractivity contribution in [3.05, 3.63) is 102 Å². The number of aliphatic hydroxyl groups excluding tert-OH is 1. The van der Waals surface area contributed by atoms with Gasteiger partial charge in [0.25, 0.3) is 11.8 Å². The quantitative estimate of drug-likeness (QED) is 0.0770. The molecule has 2 aromatic carbocycles. The number of allylic oxidation sites excluding steroid dienone is 3. The molecule has 3 aliphatic rings. The van der Waals surface area contributed by atoms with Crippen molar-refractivity contribution in [1.29, 1.82) is 0 Å². The van der Waals surface area contributed by atoms with Crippen LogP contribution in [0.3, 0.4) is 0 Å². The second kappa shape index (κ2) is 16.7. The summed E-state index contributed by atoms with van der Waals surface area (Å²) < 4.78 is 26.2. The van der Waals surface area contributed by atoms with E-state index in [1.54, 1.807) is 24.3 Å². The van der Waals surface area contributed by atoms with E-state index < -0.39 is 35.5 Å². The van der Waals surface area contributed by atoms with Crippen molar-refractivity contribution in [3.8, 4) is 5.75 Å². The number of aromatic nitrogens is 2. The predicted octanol–water partition coefficient (Wildman–Crippen LogP) is 3.07. The van der Waals surface area contributed by atoms with Gasteiger partial charge in [-0.25, -0.2) is 4.39 Å². The molecule has 0 aliphatic carbocycles. The lowest BCUT2D eigenvalue weighted by atomic mass is 10.0. The van der Waals surface area contributed by atoms with Crippen molar-refractivity contribution in [2.75, 3.05) is 68.5 Å². The molecule has 4 amide bonds. The largest absolute Gasteiger partial charge is 0.507 e. The lowest BCUT2D eigenvalue weighted by Gasteiger charge is -2.36. The van der Waals surface area contributed by atoms with Gasteiger partial charge in [0.05, 0.1) is 35.7 Å². The van der Waals surface area contributed by atoms with Crippen molar-refractivity contribution < 1.29 is 38.1 Å². The number of anilines is 3. The number of piperidine rings is 1. The number of halogens is 1. The Balaban J connectivity index is 0.924. The number of carbonyl (C=O) groups is 4. The van der Waals surface area contributed by atoms with Gasteiger partial charge in [-0.3, -0.25) is 34.3 Å². The summed E-state index contributed by atoms with van der Waals surface area (Å²) in [6.07, 6.45) is 2.91. The summed E-state index contributed by atoms with van der Waals surface area (Å²) in [7, 11) is 0. The van der Waals surface area contributed by atoms with E-state index in [-0.39, 0.29) is 61.1 Å². The van der Waals surface area contributed by atoms with Crippen LogP contribution in [0.5, 0.6) is 5.75 Å². The number of nitrogens with one attached hydrogen (secondary N) is 2. The number of fused-ring (bicyclic) bond motifs is 1. The van der Waals surface area contributed by atoms with Gasteiger partial charge in [-0.05, 0) is 48.4 Å². The van der Waals surface area contributed by atoms with Crippen molar-refractivity contribution in [2.24, 2.45) is 0 Å². The lowest BCUT2D eigenvalue weighted by Crippen LogP contribution is -2.54. The molecule has 5 N–H and O–H groups in total.